The van der Waals surface area contributed by atoms with Crippen LogP contribution in [0, 0.1) is 0 Å². The maximum atomic E-state index is 11.8. The van der Waals surface area contributed by atoms with Crippen LogP contribution >= 0.6 is 34.5 Å². The molecule has 0 fully saturated rings. The van der Waals surface area contributed by atoms with Gasteiger partial charge < -0.3 is 5.11 Å². The molecule has 0 amide bonds. The Hall–Kier alpha value is -0.340. The van der Waals surface area contributed by atoms with E-state index < -0.39 is 22.0 Å². The summed E-state index contributed by atoms with van der Waals surface area (Å²) in [6, 6.07) is 0.000548. The lowest BCUT2D eigenvalue weighted by molar-refractivity contribution is -0.139. The van der Waals surface area contributed by atoms with Crippen molar-refractivity contribution in [3.05, 3.63) is 14.7 Å². The van der Waals surface area contributed by atoms with E-state index in [1.807, 2.05) is 4.72 Å². The average molecular weight is 318 g/mol. The van der Waals surface area contributed by atoms with Crippen molar-refractivity contribution >= 4 is 50.5 Å². The molecule has 96 valence electrons. The first-order valence-corrected chi connectivity index (χ1v) is 7.53. The lowest BCUT2D eigenvalue weighted by atomic mass is 10.2. The Morgan fingerprint density at radius 1 is 1.59 bits per heavy atom. The lowest BCUT2D eigenvalue weighted by Gasteiger charge is -2.11. The zero-order valence-corrected chi connectivity index (χ0v) is 11.8. The maximum Gasteiger partial charge on any atom is 0.321 e. The summed E-state index contributed by atoms with van der Waals surface area (Å²) in [4.78, 5) is 10.5. The van der Waals surface area contributed by atoms with Crippen molar-refractivity contribution in [1.82, 2.24) is 4.72 Å². The van der Waals surface area contributed by atoms with Crippen LogP contribution in [0.5, 0.6) is 0 Å². The SMILES string of the molecule is CC[C@@H](NS(=O)(=O)c1cc(Cl)sc1Cl)C(=O)O. The number of thiophene rings is 1. The first kappa shape index (κ1) is 14.7. The van der Waals surface area contributed by atoms with E-state index >= 15 is 0 Å². The molecule has 0 aliphatic carbocycles. The molecule has 2 N–H and O–H groups in total. The molecule has 0 unspecified atom stereocenters. The van der Waals surface area contributed by atoms with Gasteiger partial charge in [-0.05, 0) is 12.5 Å². The van der Waals surface area contributed by atoms with Crippen LogP contribution in [-0.4, -0.2) is 25.5 Å². The minimum atomic E-state index is -3.96. The van der Waals surface area contributed by atoms with Gasteiger partial charge in [0.1, 0.15) is 15.3 Å². The quantitative estimate of drug-likeness (QED) is 0.872. The highest BCUT2D eigenvalue weighted by atomic mass is 35.5. The second-order valence-electron chi connectivity index (χ2n) is 3.11. The molecule has 0 saturated carbocycles. The zero-order valence-electron chi connectivity index (χ0n) is 8.61. The van der Waals surface area contributed by atoms with Gasteiger partial charge in [0.05, 0.1) is 4.34 Å². The summed E-state index contributed by atoms with van der Waals surface area (Å²) < 4.78 is 25.9. The first-order valence-electron chi connectivity index (χ1n) is 4.48. The molecule has 1 aromatic heterocycles. The van der Waals surface area contributed by atoms with Crippen molar-refractivity contribution in [3.63, 3.8) is 0 Å². The van der Waals surface area contributed by atoms with Crippen molar-refractivity contribution in [3.8, 4) is 0 Å². The van der Waals surface area contributed by atoms with E-state index in [0.29, 0.717) is 0 Å². The molecule has 17 heavy (non-hydrogen) atoms. The molecular formula is C8H9Cl2NO4S2. The second kappa shape index (κ2) is 5.53. The summed E-state index contributed by atoms with van der Waals surface area (Å²) in [7, 11) is -3.96. The van der Waals surface area contributed by atoms with E-state index in [1.54, 1.807) is 6.92 Å². The maximum absolute atomic E-state index is 11.8. The van der Waals surface area contributed by atoms with E-state index in [4.69, 9.17) is 28.3 Å². The van der Waals surface area contributed by atoms with Crippen molar-refractivity contribution in [1.29, 1.82) is 0 Å². The normalized spacial score (nSPS) is 13.6. The number of nitrogens with one attached hydrogen (secondary N) is 1. The summed E-state index contributed by atoms with van der Waals surface area (Å²) in [5.41, 5.74) is 0. The van der Waals surface area contributed by atoms with Gasteiger partial charge in [0.15, 0.2) is 0 Å². The summed E-state index contributed by atoms with van der Waals surface area (Å²) in [5, 5.41) is 8.77. The van der Waals surface area contributed by atoms with Crippen LogP contribution in [0.3, 0.4) is 0 Å². The van der Waals surface area contributed by atoms with Gasteiger partial charge in [-0.3, -0.25) is 4.79 Å². The van der Waals surface area contributed by atoms with E-state index in [-0.39, 0.29) is 20.0 Å². The number of halogens is 2. The van der Waals surface area contributed by atoms with Crippen molar-refractivity contribution in [2.45, 2.75) is 24.3 Å². The van der Waals surface area contributed by atoms with Gasteiger partial charge in [0.25, 0.3) is 0 Å². The fourth-order valence-corrected chi connectivity index (χ4v) is 4.49. The number of hydrogen-bond donors (Lipinski definition) is 2. The van der Waals surface area contributed by atoms with Crippen LogP contribution in [-0.2, 0) is 14.8 Å². The highest BCUT2D eigenvalue weighted by Crippen LogP contribution is 2.34. The largest absolute Gasteiger partial charge is 0.480 e. The standard InChI is InChI=1S/C8H9Cl2NO4S2/c1-2-4(8(12)13)11-17(14,15)5-3-6(9)16-7(5)10/h3-4,11H,2H2,1H3,(H,12,13)/t4-/m1/s1. The highest BCUT2D eigenvalue weighted by molar-refractivity contribution is 7.89. The van der Waals surface area contributed by atoms with Crippen molar-refractivity contribution in [2.24, 2.45) is 0 Å². The van der Waals surface area contributed by atoms with Gasteiger partial charge in [0.2, 0.25) is 10.0 Å². The van der Waals surface area contributed by atoms with Gasteiger partial charge in [-0.15, -0.1) is 11.3 Å². The number of aliphatic carboxylic acids is 1. The topological polar surface area (TPSA) is 83.5 Å². The molecule has 0 saturated heterocycles. The van der Waals surface area contributed by atoms with Crippen LogP contribution in [0.2, 0.25) is 8.67 Å². The lowest BCUT2D eigenvalue weighted by Crippen LogP contribution is -2.40. The van der Waals surface area contributed by atoms with Gasteiger partial charge >= 0.3 is 5.97 Å². The minimum Gasteiger partial charge on any atom is -0.480 e. The molecule has 1 atom stereocenters. The Labute approximate surface area is 112 Å². The average Bonchev–Trinajstić information content (AvgIpc) is 2.54. The van der Waals surface area contributed by atoms with Gasteiger partial charge in [-0.25, -0.2) is 8.42 Å². The number of hydrogen-bond acceptors (Lipinski definition) is 4. The van der Waals surface area contributed by atoms with E-state index in [9.17, 15) is 13.2 Å². The number of sulfonamides is 1. The van der Waals surface area contributed by atoms with Gasteiger partial charge in [0, 0.05) is 0 Å². The third-order valence-corrected chi connectivity index (χ3v) is 5.14. The fraction of sp³-hybridized carbons (Fsp3) is 0.375. The molecule has 5 nitrogen and oxygen atoms in total. The van der Waals surface area contributed by atoms with E-state index in [1.165, 1.54) is 6.07 Å². The molecule has 1 rings (SSSR count). The minimum absolute atomic E-state index is 0.00254. The highest BCUT2D eigenvalue weighted by Gasteiger charge is 2.27. The Kier molecular flexibility index (Phi) is 4.79. The van der Waals surface area contributed by atoms with Crippen LogP contribution in [0.25, 0.3) is 0 Å². The van der Waals surface area contributed by atoms with E-state index in [2.05, 4.69) is 0 Å². The molecule has 0 radical (unpaired) electrons. The summed E-state index contributed by atoms with van der Waals surface area (Å²) in [6.45, 7) is 1.56. The molecular weight excluding hydrogens is 309 g/mol. The smallest absolute Gasteiger partial charge is 0.321 e. The first-order chi connectivity index (χ1) is 7.77. The molecule has 9 heteroatoms. The van der Waals surface area contributed by atoms with Gasteiger partial charge in [-0.2, -0.15) is 4.72 Å². The monoisotopic (exact) mass is 317 g/mol. The molecule has 0 spiro atoms. The molecule has 1 heterocycles. The van der Waals surface area contributed by atoms with Gasteiger partial charge in [-0.1, -0.05) is 30.1 Å². The Balaban J connectivity index is 3.04. The number of rotatable bonds is 5. The molecule has 0 bridgehead atoms. The van der Waals surface area contributed by atoms with Crippen LogP contribution in [0.1, 0.15) is 13.3 Å². The van der Waals surface area contributed by atoms with Crippen LogP contribution in [0.4, 0.5) is 0 Å². The predicted molar refractivity (Wildman–Crippen MR) is 66.4 cm³/mol. The zero-order chi connectivity index (χ0) is 13.2. The molecule has 1 aromatic rings. The third-order valence-electron chi connectivity index (χ3n) is 1.92. The molecule has 0 aliphatic heterocycles. The number of carboxylic acid groups (broad SMARTS) is 1. The number of carbonyl (C=O) groups is 1. The number of carboxylic acids is 1. The fourth-order valence-electron chi connectivity index (χ4n) is 1.07. The second-order valence-corrected chi connectivity index (χ2v) is 7.08. The molecule has 0 aromatic carbocycles. The van der Waals surface area contributed by atoms with Crippen LogP contribution < -0.4 is 4.72 Å². The van der Waals surface area contributed by atoms with E-state index in [0.717, 1.165) is 11.3 Å². The Bertz CT molecular complexity index is 526. The van der Waals surface area contributed by atoms with Crippen molar-refractivity contribution in [2.75, 3.05) is 0 Å². The predicted octanol–water partition coefficient (Wildman–Crippen LogP) is 2.20. The third kappa shape index (κ3) is 3.56. The Morgan fingerprint density at radius 3 is 2.53 bits per heavy atom. The summed E-state index contributed by atoms with van der Waals surface area (Å²) >= 11 is 12.2. The van der Waals surface area contributed by atoms with Crippen molar-refractivity contribution < 1.29 is 18.3 Å². The summed E-state index contributed by atoms with van der Waals surface area (Å²) in [5.74, 6) is -1.24. The van der Waals surface area contributed by atoms with Crippen LogP contribution in [0.15, 0.2) is 11.0 Å². The summed E-state index contributed by atoms with van der Waals surface area (Å²) in [6.07, 6.45) is 0.129. The Morgan fingerprint density at radius 2 is 2.18 bits per heavy atom. The molecule has 0 aliphatic rings.